The van der Waals surface area contributed by atoms with Crippen LogP contribution in [0, 0.1) is 0 Å². The molecule has 0 radical (unpaired) electrons. The largest absolute Gasteiger partial charge is 0.317 e. The first-order valence-electron chi connectivity index (χ1n) is 6.57. The van der Waals surface area contributed by atoms with Gasteiger partial charge >= 0.3 is 0 Å². The molecule has 1 atom stereocenters. The minimum Gasteiger partial charge on any atom is -0.317 e. The van der Waals surface area contributed by atoms with Gasteiger partial charge in [0.1, 0.15) is 0 Å². The molecule has 0 aromatic carbocycles. The van der Waals surface area contributed by atoms with Gasteiger partial charge < -0.3 is 5.32 Å². The monoisotopic (exact) mass is 294 g/mol. The van der Waals surface area contributed by atoms with Gasteiger partial charge in [-0.15, -0.1) is 11.3 Å². The number of nitrogens with one attached hydrogen (secondary N) is 1. The molecule has 0 bridgehead atoms. The van der Waals surface area contributed by atoms with Crippen LogP contribution < -0.4 is 5.32 Å². The third-order valence-corrected chi connectivity index (χ3v) is 4.56. The summed E-state index contributed by atoms with van der Waals surface area (Å²) in [7, 11) is 2.02. The first-order valence-corrected chi connectivity index (χ1v) is 7.83. The van der Waals surface area contributed by atoms with E-state index in [-0.39, 0.29) is 0 Å². The number of aromatic nitrogens is 1. The maximum Gasteiger partial charge on any atom is 0.0621 e. The topological polar surface area (TPSA) is 24.9 Å². The fourth-order valence-corrected chi connectivity index (χ4v) is 3.11. The van der Waals surface area contributed by atoms with Crippen LogP contribution in [-0.4, -0.2) is 18.1 Å². The Labute approximate surface area is 123 Å². The van der Waals surface area contributed by atoms with Crippen LogP contribution >= 0.6 is 22.9 Å². The Bertz CT molecular complexity index is 485. The summed E-state index contributed by atoms with van der Waals surface area (Å²) in [5.41, 5.74) is 1.17. The molecule has 1 unspecified atom stereocenters. The van der Waals surface area contributed by atoms with Crippen LogP contribution in [0.5, 0.6) is 0 Å². The predicted octanol–water partition coefficient (Wildman–Crippen LogP) is 3.95. The molecule has 2 nitrogen and oxygen atoms in total. The molecular weight excluding hydrogens is 276 g/mol. The lowest BCUT2D eigenvalue weighted by Crippen LogP contribution is -2.27. The van der Waals surface area contributed by atoms with Crippen molar-refractivity contribution in [1.29, 1.82) is 0 Å². The SMILES string of the molecule is CNC(CCCc1cccs1)Cc1ccncc1Cl. The maximum atomic E-state index is 6.15. The number of thiophene rings is 1. The molecule has 0 saturated heterocycles. The number of hydrogen-bond acceptors (Lipinski definition) is 3. The van der Waals surface area contributed by atoms with Crippen molar-refractivity contribution in [2.45, 2.75) is 31.7 Å². The molecule has 0 aliphatic heterocycles. The van der Waals surface area contributed by atoms with Crippen molar-refractivity contribution in [3.8, 4) is 0 Å². The minimum atomic E-state index is 0.472. The normalized spacial score (nSPS) is 12.5. The first kappa shape index (κ1) is 14.5. The number of hydrogen-bond donors (Lipinski definition) is 1. The summed E-state index contributed by atoms with van der Waals surface area (Å²) in [6.45, 7) is 0. The summed E-state index contributed by atoms with van der Waals surface area (Å²) < 4.78 is 0. The second kappa shape index (κ2) is 7.63. The van der Waals surface area contributed by atoms with Crippen LogP contribution in [0.25, 0.3) is 0 Å². The van der Waals surface area contributed by atoms with Crippen LogP contribution in [0.15, 0.2) is 36.0 Å². The first-order chi connectivity index (χ1) is 9.29. The molecule has 19 heavy (non-hydrogen) atoms. The van der Waals surface area contributed by atoms with Crippen LogP contribution in [0.1, 0.15) is 23.3 Å². The van der Waals surface area contributed by atoms with E-state index in [1.54, 1.807) is 12.4 Å². The highest BCUT2D eigenvalue weighted by Gasteiger charge is 2.09. The molecule has 0 spiro atoms. The molecule has 0 saturated carbocycles. The number of likely N-dealkylation sites (N-methyl/N-ethyl adjacent to an activating group) is 1. The van der Waals surface area contributed by atoms with E-state index in [1.807, 2.05) is 24.5 Å². The Balaban J connectivity index is 1.82. The van der Waals surface area contributed by atoms with E-state index in [9.17, 15) is 0 Å². The Hall–Kier alpha value is -0.900. The molecule has 2 heterocycles. The van der Waals surface area contributed by atoms with E-state index in [1.165, 1.54) is 23.3 Å². The molecule has 0 aliphatic carbocycles. The summed E-state index contributed by atoms with van der Waals surface area (Å²) in [4.78, 5) is 5.49. The van der Waals surface area contributed by atoms with Gasteiger partial charge in [-0.25, -0.2) is 0 Å². The van der Waals surface area contributed by atoms with Crippen molar-refractivity contribution in [3.63, 3.8) is 0 Å². The molecule has 0 amide bonds. The fraction of sp³-hybridized carbons (Fsp3) is 0.400. The van der Waals surface area contributed by atoms with Crippen LogP contribution in [0.3, 0.4) is 0 Å². The van der Waals surface area contributed by atoms with Crippen molar-refractivity contribution in [1.82, 2.24) is 10.3 Å². The molecule has 0 fully saturated rings. The highest BCUT2D eigenvalue weighted by Crippen LogP contribution is 2.18. The summed E-state index contributed by atoms with van der Waals surface area (Å²) in [5, 5.41) is 6.29. The Kier molecular flexibility index (Phi) is 5.83. The predicted molar refractivity (Wildman–Crippen MR) is 83.1 cm³/mol. The smallest absolute Gasteiger partial charge is 0.0621 e. The molecule has 102 valence electrons. The van der Waals surface area contributed by atoms with E-state index < -0.39 is 0 Å². The molecule has 2 aromatic rings. The zero-order valence-electron chi connectivity index (χ0n) is 11.1. The minimum absolute atomic E-state index is 0.472. The van der Waals surface area contributed by atoms with Gasteiger partial charge in [-0.1, -0.05) is 17.7 Å². The zero-order valence-corrected chi connectivity index (χ0v) is 12.7. The lowest BCUT2D eigenvalue weighted by atomic mass is 10.0. The number of pyridine rings is 1. The van der Waals surface area contributed by atoms with E-state index in [0.29, 0.717) is 6.04 Å². The maximum absolute atomic E-state index is 6.15. The van der Waals surface area contributed by atoms with Gasteiger partial charge in [-0.2, -0.15) is 0 Å². The fourth-order valence-electron chi connectivity index (χ4n) is 2.16. The summed E-state index contributed by atoms with van der Waals surface area (Å²) in [5.74, 6) is 0. The second-order valence-electron chi connectivity index (χ2n) is 4.63. The highest BCUT2D eigenvalue weighted by atomic mass is 35.5. The molecular formula is C15H19ClN2S. The summed E-state index contributed by atoms with van der Waals surface area (Å²) >= 11 is 7.99. The lowest BCUT2D eigenvalue weighted by Gasteiger charge is -2.16. The number of aryl methyl sites for hydroxylation is 1. The van der Waals surface area contributed by atoms with Crippen molar-refractivity contribution in [2.24, 2.45) is 0 Å². The number of halogens is 1. The van der Waals surface area contributed by atoms with Gasteiger partial charge in [0, 0.05) is 23.3 Å². The number of nitrogens with zero attached hydrogens (tertiary/aromatic N) is 1. The molecule has 0 aliphatic rings. The molecule has 1 N–H and O–H groups in total. The van der Waals surface area contributed by atoms with Crippen LogP contribution in [0.4, 0.5) is 0 Å². The van der Waals surface area contributed by atoms with Crippen LogP contribution in [0.2, 0.25) is 5.02 Å². The Morgan fingerprint density at radius 3 is 3.00 bits per heavy atom. The van der Waals surface area contributed by atoms with Gasteiger partial charge in [-0.05, 0) is 55.8 Å². The standard InChI is InChI=1S/C15H19ClN2S/c1-17-13(4-2-5-14-6-3-9-19-14)10-12-7-8-18-11-15(12)16/h3,6-9,11,13,17H,2,4-5,10H2,1H3. The van der Waals surface area contributed by atoms with Gasteiger partial charge in [0.25, 0.3) is 0 Å². The van der Waals surface area contributed by atoms with Gasteiger partial charge in [0.05, 0.1) is 5.02 Å². The molecule has 4 heteroatoms. The van der Waals surface area contributed by atoms with E-state index in [0.717, 1.165) is 17.9 Å². The van der Waals surface area contributed by atoms with Crippen molar-refractivity contribution in [3.05, 3.63) is 51.4 Å². The summed E-state index contributed by atoms with van der Waals surface area (Å²) in [6.07, 6.45) is 8.01. The second-order valence-corrected chi connectivity index (χ2v) is 6.07. The third-order valence-electron chi connectivity index (χ3n) is 3.29. The molecule has 2 aromatic heterocycles. The van der Waals surface area contributed by atoms with Gasteiger partial charge in [0.2, 0.25) is 0 Å². The zero-order chi connectivity index (χ0) is 13.5. The lowest BCUT2D eigenvalue weighted by molar-refractivity contribution is 0.503. The van der Waals surface area contributed by atoms with E-state index in [4.69, 9.17) is 11.6 Å². The number of rotatable bonds is 7. The quantitative estimate of drug-likeness (QED) is 0.836. The van der Waals surface area contributed by atoms with Crippen molar-refractivity contribution < 1.29 is 0 Å². The average molecular weight is 295 g/mol. The molecule has 2 rings (SSSR count). The van der Waals surface area contributed by atoms with Crippen molar-refractivity contribution >= 4 is 22.9 Å². The summed E-state index contributed by atoms with van der Waals surface area (Å²) in [6, 6.07) is 6.80. The highest BCUT2D eigenvalue weighted by molar-refractivity contribution is 7.09. The Morgan fingerprint density at radius 1 is 1.42 bits per heavy atom. The third kappa shape index (κ3) is 4.60. The average Bonchev–Trinajstić information content (AvgIpc) is 2.93. The Morgan fingerprint density at radius 2 is 2.32 bits per heavy atom. The van der Waals surface area contributed by atoms with E-state index in [2.05, 4.69) is 27.8 Å². The van der Waals surface area contributed by atoms with E-state index >= 15 is 0 Å². The van der Waals surface area contributed by atoms with Gasteiger partial charge in [0.15, 0.2) is 0 Å². The van der Waals surface area contributed by atoms with Gasteiger partial charge in [-0.3, -0.25) is 4.98 Å². The van der Waals surface area contributed by atoms with Crippen molar-refractivity contribution in [2.75, 3.05) is 7.05 Å². The van der Waals surface area contributed by atoms with Crippen LogP contribution in [-0.2, 0) is 12.8 Å².